The zero-order valence-electron chi connectivity index (χ0n) is 14.4. The Hall–Kier alpha value is -1.90. The molecule has 0 fully saturated rings. The molecule has 6 nitrogen and oxygen atoms in total. The van der Waals surface area contributed by atoms with Gasteiger partial charge >= 0.3 is 0 Å². The molecule has 0 aliphatic rings. The van der Waals surface area contributed by atoms with E-state index in [1.54, 1.807) is 30.5 Å². The molecule has 2 rings (SSSR count). The third-order valence-corrected chi connectivity index (χ3v) is 5.50. The maximum Gasteiger partial charge on any atom is 0.238 e. The van der Waals surface area contributed by atoms with E-state index in [1.165, 1.54) is 17.7 Å². The second-order valence-electron chi connectivity index (χ2n) is 5.78. The molecule has 136 valence electrons. The second kappa shape index (κ2) is 8.98. The minimum atomic E-state index is -3.64. The van der Waals surface area contributed by atoms with Crippen LogP contribution in [0, 0.1) is 0 Å². The van der Waals surface area contributed by atoms with Crippen LogP contribution < -0.4 is 15.8 Å². The summed E-state index contributed by atoms with van der Waals surface area (Å²) >= 11 is 1.70. The average molecular weight is 381 g/mol. The van der Waals surface area contributed by atoms with Gasteiger partial charge in [0, 0.05) is 20.1 Å². The lowest BCUT2D eigenvalue weighted by molar-refractivity contribution is 0.598. The Labute approximate surface area is 153 Å². The van der Waals surface area contributed by atoms with E-state index in [4.69, 9.17) is 5.14 Å². The van der Waals surface area contributed by atoms with Gasteiger partial charge in [-0.05, 0) is 52.4 Å². The Morgan fingerprint density at radius 2 is 1.96 bits per heavy atom. The average Bonchev–Trinajstić information content (AvgIpc) is 3.12. The Kier molecular flexibility index (Phi) is 6.98. The Bertz CT molecular complexity index is 785. The van der Waals surface area contributed by atoms with Crippen LogP contribution in [0.4, 0.5) is 0 Å². The molecular weight excluding hydrogens is 356 g/mol. The van der Waals surface area contributed by atoms with Crippen LogP contribution in [0.25, 0.3) is 0 Å². The van der Waals surface area contributed by atoms with Crippen LogP contribution in [0.5, 0.6) is 0 Å². The largest absolute Gasteiger partial charge is 0.356 e. The van der Waals surface area contributed by atoms with E-state index in [2.05, 4.69) is 39.4 Å². The van der Waals surface area contributed by atoms with Crippen LogP contribution >= 0.6 is 11.3 Å². The SMILES string of the molecule is CN=C(NCCc1ccc(S(N)(=O)=O)cc1)NCC(C)c1ccsc1. The molecule has 1 unspecified atom stereocenters. The smallest absolute Gasteiger partial charge is 0.238 e. The first-order valence-electron chi connectivity index (χ1n) is 7.98. The summed E-state index contributed by atoms with van der Waals surface area (Å²) in [7, 11) is -1.89. The molecule has 4 N–H and O–H groups in total. The van der Waals surface area contributed by atoms with Crippen LogP contribution in [-0.4, -0.2) is 34.5 Å². The summed E-state index contributed by atoms with van der Waals surface area (Å²) in [5, 5.41) is 15.9. The van der Waals surface area contributed by atoms with Crippen molar-refractivity contribution in [3.05, 3.63) is 52.2 Å². The minimum Gasteiger partial charge on any atom is -0.356 e. The van der Waals surface area contributed by atoms with Gasteiger partial charge in [0.25, 0.3) is 0 Å². The normalized spacial score (nSPS) is 13.5. The van der Waals surface area contributed by atoms with Crippen molar-refractivity contribution in [2.45, 2.75) is 24.2 Å². The Morgan fingerprint density at radius 1 is 1.24 bits per heavy atom. The second-order valence-corrected chi connectivity index (χ2v) is 8.12. The predicted octanol–water partition coefficient (Wildman–Crippen LogP) is 1.91. The summed E-state index contributed by atoms with van der Waals surface area (Å²) in [6.45, 7) is 3.68. The van der Waals surface area contributed by atoms with E-state index in [-0.39, 0.29) is 4.90 Å². The van der Waals surface area contributed by atoms with Crippen molar-refractivity contribution in [3.63, 3.8) is 0 Å². The quantitative estimate of drug-likeness (QED) is 0.505. The van der Waals surface area contributed by atoms with E-state index in [0.29, 0.717) is 12.5 Å². The van der Waals surface area contributed by atoms with Gasteiger partial charge in [0.1, 0.15) is 0 Å². The van der Waals surface area contributed by atoms with Gasteiger partial charge in [0.2, 0.25) is 10.0 Å². The monoisotopic (exact) mass is 380 g/mol. The Morgan fingerprint density at radius 3 is 2.52 bits per heavy atom. The highest BCUT2D eigenvalue weighted by molar-refractivity contribution is 7.89. The van der Waals surface area contributed by atoms with Gasteiger partial charge in [-0.1, -0.05) is 19.1 Å². The van der Waals surface area contributed by atoms with Crippen LogP contribution in [0.1, 0.15) is 24.0 Å². The van der Waals surface area contributed by atoms with Crippen molar-refractivity contribution >= 4 is 27.3 Å². The molecule has 1 atom stereocenters. The molecule has 1 heterocycles. The van der Waals surface area contributed by atoms with E-state index < -0.39 is 10.0 Å². The van der Waals surface area contributed by atoms with Gasteiger partial charge in [-0.2, -0.15) is 11.3 Å². The van der Waals surface area contributed by atoms with Crippen molar-refractivity contribution in [1.29, 1.82) is 0 Å². The number of hydrogen-bond acceptors (Lipinski definition) is 4. The fourth-order valence-electron chi connectivity index (χ4n) is 2.31. The van der Waals surface area contributed by atoms with Crippen LogP contribution in [0.15, 0.2) is 51.0 Å². The first-order valence-corrected chi connectivity index (χ1v) is 10.5. The minimum absolute atomic E-state index is 0.129. The molecule has 25 heavy (non-hydrogen) atoms. The Balaban J connectivity index is 1.77. The summed E-state index contributed by atoms with van der Waals surface area (Å²) in [6, 6.07) is 8.74. The first kappa shape index (κ1) is 19.4. The van der Waals surface area contributed by atoms with Crippen molar-refractivity contribution in [2.75, 3.05) is 20.1 Å². The zero-order valence-corrected chi connectivity index (χ0v) is 16.0. The molecular formula is C17H24N4O2S2. The number of rotatable bonds is 7. The number of benzene rings is 1. The lowest BCUT2D eigenvalue weighted by Crippen LogP contribution is -2.39. The van der Waals surface area contributed by atoms with Crippen molar-refractivity contribution in [2.24, 2.45) is 10.1 Å². The highest BCUT2D eigenvalue weighted by Crippen LogP contribution is 2.16. The fourth-order valence-corrected chi connectivity index (χ4v) is 3.61. The van der Waals surface area contributed by atoms with E-state index >= 15 is 0 Å². The molecule has 0 aliphatic heterocycles. The lowest BCUT2D eigenvalue weighted by Gasteiger charge is -2.15. The van der Waals surface area contributed by atoms with Gasteiger partial charge in [-0.25, -0.2) is 13.6 Å². The molecule has 0 radical (unpaired) electrons. The van der Waals surface area contributed by atoms with Gasteiger partial charge < -0.3 is 10.6 Å². The number of aliphatic imine (C=N–C) groups is 1. The van der Waals surface area contributed by atoms with E-state index in [1.807, 2.05) is 0 Å². The maximum atomic E-state index is 11.2. The number of guanidine groups is 1. The third-order valence-electron chi connectivity index (χ3n) is 3.87. The van der Waals surface area contributed by atoms with Gasteiger partial charge in [-0.15, -0.1) is 0 Å². The number of nitrogens with two attached hydrogens (primary N) is 1. The molecule has 2 aromatic rings. The number of hydrogen-bond donors (Lipinski definition) is 3. The topological polar surface area (TPSA) is 96.6 Å². The first-order chi connectivity index (χ1) is 11.9. The predicted molar refractivity (Wildman–Crippen MR) is 104 cm³/mol. The number of nitrogens with zero attached hydrogens (tertiary/aromatic N) is 1. The molecule has 0 spiro atoms. The summed E-state index contributed by atoms with van der Waals surface area (Å²) < 4.78 is 22.5. The number of sulfonamides is 1. The standard InChI is InChI=1S/C17H24N4O2S2/c1-13(15-8-10-24-12-15)11-21-17(19-2)20-9-7-14-3-5-16(6-4-14)25(18,22)23/h3-6,8,10,12-13H,7,9,11H2,1-2H3,(H2,18,22,23)(H2,19,20,21). The maximum absolute atomic E-state index is 11.2. The molecule has 0 saturated carbocycles. The number of primary sulfonamides is 1. The zero-order chi connectivity index (χ0) is 18.3. The molecule has 0 amide bonds. The lowest BCUT2D eigenvalue weighted by atomic mass is 10.1. The molecule has 8 heteroatoms. The summed E-state index contributed by atoms with van der Waals surface area (Å²) in [6.07, 6.45) is 0.756. The molecule has 1 aromatic carbocycles. The molecule has 0 aliphatic carbocycles. The number of thiophene rings is 1. The van der Waals surface area contributed by atoms with Crippen LogP contribution in [0.3, 0.4) is 0 Å². The van der Waals surface area contributed by atoms with Gasteiger partial charge in [0.15, 0.2) is 5.96 Å². The summed E-state index contributed by atoms with van der Waals surface area (Å²) in [5.41, 5.74) is 2.35. The van der Waals surface area contributed by atoms with E-state index in [9.17, 15) is 8.42 Å². The van der Waals surface area contributed by atoms with Gasteiger partial charge in [-0.3, -0.25) is 4.99 Å². The van der Waals surface area contributed by atoms with Crippen molar-refractivity contribution < 1.29 is 8.42 Å². The summed E-state index contributed by atoms with van der Waals surface area (Å²) in [4.78, 5) is 4.35. The molecule has 0 bridgehead atoms. The number of nitrogens with one attached hydrogen (secondary N) is 2. The highest BCUT2D eigenvalue weighted by atomic mass is 32.2. The van der Waals surface area contributed by atoms with Crippen molar-refractivity contribution in [3.8, 4) is 0 Å². The van der Waals surface area contributed by atoms with Crippen LogP contribution in [0.2, 0.25) is 0 Å². The molecule has 0 saturated heterocycles. The van der Waals surface area contributed by atoms with Gasteiger partial charge in [0.05, 0.1) is 4.90 Å². The fraction of sp³-hybridized carbons (Fsp3) is 0.353. The van der Waals surface area contributed by atoms with E-state index in [0.717, 1.165) is 24.5 Å². The van der Waals surface area contributed by atoms with Crippen molar-refractivity contribution in [1.82, 2.24) is 10.6 Å². The molecule has 1 aromatic heterocycles. The third kappa shape index (κ3) is 6.15. The van der Waals surface area contributed by atoms with Crippen LogP contribution in [-0.2, 0) is 16.4 Å². The summed E-state index contributed by atoms with van der Waals surface area (Å²) in [5.74, 6) is 1.17. The highest BCUT2D eigenvalue weighted by Gasteiger charge is 2.08.